The highest BCUT2D eigenvalue weighted by Gasteiger charge is 2.34. The predicted molar refractivity (Wildman–Crippen MR) is 59.4 cm³/mol. The van der Waals surface area contributed by atoms with Gasteiger partial charge in [-0.15, -0.1) is 0 Å². The molecule has 4 nitrogen and oxygen atoms in total. The van der Waals surface area contributed by atoms with Crippen LogP contribution in [0.4, 0.5) is 0 Å². The lowest BCUT2D eigenvalue weighted by molar-refractivity contribution is -0.118. The third kappa shape index (κ3) is 2.69. The van der Waals surface area contributed by atoms with Crippen molar-refractivity contribution in [3.8, 4) is 0 Å². The molecule has 86 valence electrons. The predicted octanol–water partition coefficient (Wildman–Crippen LogP) is 0.0766. The summed E-state index contributed by atoms with van der Waals surface area (Å²) in [5.41, 5.74) is 5.16. The van der Waals surface area contributed by atoms with E-state index in [-0.39, 0.29) is 5.91 Å². The van der Waals surface area contributed by atoms with Crippen molar-refractivity contribution in [2.75, 3.05) is 13.6 Å². The van der Waals surface area contributed by atoms with E-state index in [0.717, 1.165) is 6.54 Å². The van der Waals surface area contributed by atoms with Crippen molar-refractivity contribution < 1.29 is 4.79 Å². The van der Waals surface area contributed by atoms with Crippen LogP contribution in [0.5, 0.6) is 0 Å². The zero-order valence-electron chi connectivity index (χ0n) is 9.41. The van der Waals surface area contributed by atoms with Crippen LogP contribution in [-0.2, 0) is 4.79 Å². The van der Waals surface area contributed by atoms with Gasteiger partial charge in [-0.2, -0.15) is 0 Å². The molecule has 1 amide bonds. The Morgan fingerprint density at radius 3 is 2.53 bits per heavy atom. The quantitative estimate of drug-likeness (QED) is 0.692. The van der Waals surface area contributed by atoms with Gasteiger partial charge >= 0.3 is 0 Å². The first-order chi connectivity index (χ1) is 7.15. The molecule has 4 heteroatoms. The lowest BCUT2D eigenvalue weighted by atomic mass is 9.98. The SMILES string of the molecule is CN(CCC(N)=O)C1CC2CCC(C1)N2. The Morgan fingerprint density at radius 2 is 2.00 bits per heavy atom. The molecule has 2 heterocycles. The molecule has 2 atom stereocenters. The molecule has 0 aromatic heterocycles. The van der Waals surface area contributed by atoms with Crippen LogP contribution in [0.2, 0.25) is 0 Å². The topological polar surface area (TPSA) is 58.4 Å². The van der Waals surface area contributed by atoms with E-state index in [1.807, 2.05) is 0 Å². The van der Waals surface area contributed by atoms with E-state index in [1.165, 1.54) is 25.7 Å². The van der Waals surface area contributed by atoms with Crippen molar-refractivity contribution in [3.63, 3.8) is 0 Å². The maximum absolute atomic E-state index is 10.7. The summed E-state index contributed by atoms with van der Waals surface area (Å²) in [6.45, 7) is 0.805. The van der Waals surface area contributed by atoms with E-state index < -0.39 is 0 Å². The van der Waals surface area contributed by atoms with Crippen LogP contribution in [0.15, 0.2) is 0 Å². The van der Waals surface area contributed by atoms with Gasteiger partial charge in [0.1, 0.15) is 0 Å². The minimum absolute atomic E-state index is 0.196. The van der Waals surface area contributed by atoms with E-state index in [0.29, 0.717) is 24.5 Å². The van der Waals surface area contributed by atoms with Crippen LogP contribution < -0.4 is 11.1 Å². The molecule has 0 spiro atoms. The molecule has 2 saturated heterocycles. The van der Waals surface area contributed by atoms with Gasteiger partial charge in [0, 0.05) is 31.1 Å². The Bertz CT molecular complexity index is 232. The minimum Gasteiger partial charge on any atom is -0.370 e. The van der Waals surface area contributed by atoms with Crippen molar-refractivity contribution in [1.29, 1.82) is 0 Å². The number of nitrogens with zero attached hydrogens (tertiary/aromatic N) is 1. The largest absolute Gasteiger partial charge is 0.370 e. The summed E-state index contributed by atoms with van der Waals surface area (Å²) in [5.74, 6) is -0.196. The first-order valence-corrected chi connectivity index (χ1v) is 5.89. The van der Waals surface area contributed by atoms with Crippen molar-refractivity contribution in [1.82, 2.24) is 10.2 Å². The summed E-state index contributed by atoms with van der Waals surface area (Å²) in [5, 5.41) is 3.62. The molecular weight excluding hydrogens is 190 g/mol. The Labute approximate surface area is 91.2 Å². The summed E-state index contributed by atoms with van der Waals surface area (Å²) in [4.78, 5) is 13.0. The Hall–Kier alpha value is -0.610. The summed E-state index contributed by atoms with van der Waals surface area (Å²) in [6, 6.07) is 2.07. The van der Waals surface area contributed by atoms with Gasteiger partial charge in [0.2, 0.25) is 5.91 Å². The van der Waals surface area contributed by atoms with Gasteiger partial charge < -0.3 is 16.0 Å². The molecule has 0 radical (unpaired) electrons. The summed E-state index contributed by atoms with van der Waals surface area (Å²) in [7, 11) is 2.11. The summed E-state index contributed by atoms with van der Waals surface area (Å²) >= 11 is 0. The van der Waals surface area contributed by atoms with Gasteiger partial charge in [-0.25, -0.2) is 0 Å². The number of nitrogens with two attached hydrogens (primary N) is 1. The van der Waals surface area contributed by atoms with Crippen molar-refractivity contribution >= 4 is 5.91 Å². The average molecular weight is 211 g/mol. The molecule has 0 saturated carbocycles. The van der Waals surface area contributed by atoms with Crippen molar-refractivity contribution in [3.05, 3.63) is 0 Å². The average Bonchev–Trinajstić information content (AvgIpc) is 2.54. The minimum atomic E-state index is -0.196. The summed E-state index contributed by atoms with van der Waals surface area (Å²) in [6.07, 6.45) is 5.59. The first-order valence-electron chi connectivity index (χ1n) is 5.89. The maximum atomic E-state index is 10.7. The highest BCUT2D eigenvalue weighted by Crippen LogP contribution is 2.29. The molecule has 2 fully saturated rings. The summed E-state index contributed by atoms with van der Waals surface area (Å²) < 4.78 is 0. The number of piperidine rings is 1. The van der Waals surface area contributed by atoms with Gasteiger partial charge in [0.15, 0.2) is 0 Å². The van der Waals surface area contributed by atoms with Gasteiger partial charge in [-0.3, -0.25) is 4.79 Å². The number of carbonyl (C=O) groups is 1. The van der Waals surface area contributed by atoms with E-state index in [4.69, 9.17) is 5.73 Å². The number of hydrogen-bond acceptors (Lipinski definition) is 3. The van der Waals surface area contributed by atoms with Gasteiger partial charge in [-0.1, -0.05) is 0 Å². The number of fused-ring (bicyclic) bond motifs is 2. The molecular formula is C11H21N3O. The van der Waals surface area contributed by atoms with Crippen LogP contribution in [0, 0.1) is 0 Å². The number of primary amides is 1. The first kappa shape index (κ1) is 10.9. The smallest absolute Gasteiger partial charge is 0.218 e. The van der Waals surface area contributed by atoms with Gasteiger partial charge in [0.05, 0.1) is 0 Å². The fourth-order valence-corrected chi connectivity index (χ4v) is 2.86. The molecule has 2 unspecified atom stereocenters. The second-order valence-electron chi connectivity index (χ2n) is 4.96. The third-order valence-electron chi connectivity index (χ3n) is 3.78. The van der Waals surface area contributed by atoms with E-state index in [9.17, 15) is 4.79 Å². The Balaban J connectivity index is 1.80. The highest BCUT2D eigenvalue weighted by atomic mass is 16.1. The fraction of sp³-hybridized carbons (Fsp3) is 0.909. The van der Waals surface area contributed by atoms with Crippen molar-refractivity contribution in [2.45, 2.75) is 50.2 Å². The van der Waals surface area contributed by atoms with Crippen LogP contribution >= 0.6 is 0 Å². The molecule has 3 N–H and O–H groups in total. The molecule has 2 rings (SSSR count). The number of carbonyl (C=O) groups excluding carboxylic acids is 1. The van der Waals surface area contributed by atoms with E-state index in [1.54, 1.807) is 0 Å². The monoisotopic (exact) mass is 211 g/mol. The van der Waals surface area contributed by atoms with E-state index >= 15 is 0 Å². The number of amides is 1. The van der Waals surface area contributed by atoms with Gasteiger partial charge in [0.25, 0.3) is 0 Å². The molecule has 2 aliphatic heterocycles. The van der Waals surface area contributed by atoms with E-state index in [2.05, 4.69) is 17.3 Å². The highest BCUT2D eigenvalue weighted by molar-refractivity contribution is 5.73. The molecule has 2 aliphatic rings. The second kappa shape index (κ2) is 4.49. The number of hydrogen-bond donors (Lipinski definition) is 2. The normalized spacial score (nSPS) is 34.7. The maximum Gasteiger partial charge on any atom is 0.218 e. The Kier molecular flexibility index (Phi) is 3.26. The van der Waals surface area contributed by atoms with Crippen LogP contribution in [0.3, 0.4) is 0 Å². The number of rotatable bonds is 4. The molecule has 0 aromatic carbocycles. The zero-order valence-corrected chi connectivity index (χ0v) is 9.41. The zero-order chi connectivity index (χ0) is 10.8. The van der Waals surface area contributed by atoms with Crippen LogP contribution in [0.25, 0.3) is 0 Å². The lowest BCUT2D eigenvalue weighted by Crippen LogP contribution is -2.47. The van der Waals surface area contributed by atoms with Crippen molar-refractivity contribution in [2.24, 2.45) is 5.73 Å². The van der Waals surface area contributed by atoms with Crippen LogP contribution in [-0.4, -0.2) is 42.5 Å². The van der Waals surface area contributed by atoms with Crippen LogP contribution in [0.1, 0.15) is 32.1 Å². The van der Waals surface area contributed by atoms with Gasteiger partial charge in [-0.05, 0) is 32.7 Å². The molecule has 2 bridgehead atoms. The molecule has 0 aliphatic carbocycles. The Morgan fingerprint density at radius 1 is 1.40 bits per heavy atom. The molecule has 0 aromatic rings. The standard InChI is InChI=1S/C11H21N3O/c1-14(5-4-11(12)15)10-6-8-2-3-9(7-10)13-8/h8-10,13H,2-7H2,1H3,(H2,12,15). The third-order valence-corrected chi connectivity index (χ3v) is 3.78. The lowest BCUT2D eigenvalue weighted by Gasteiger charge is -2.35. The number of nitrogens with one attached hydrogen (secondary N) is 1. The second-order valence-corrected chi connectivity index (χ2v) is 4.96. The molecule has 15 heavy (non-hydrogen) atoms. The fourth-order valence-electron chi connectivity index (χ4n) is 2.86.